The Hall–Kier alpha value is -2.99. The Bertz CT molecular complexity index is 1030. The highest BCUT2D eigenvalue weighted by Gasteiger charge is 2.31. The van der Waals surface area contributed by atoms with Gasteiger partial charge in [0.05, 0.1) is 24.2 Å². The smallest absolute Gasteiger partial charge is 0.495 e. The Morgan fingerprint density at radius 1 is 1.23 bits per heavy atom. The molecule has 0 radical (unpaired) electrons. The number of rotatable bonds is 7. The Labute approximate surface area is 177 Å². The SMILES string of the molecule is COc1ccc(Cl)cc1NC(=O)CSc1nnnn1-c1ccc(OC(F)(F)F)cc1. The van der Waals surface area contributed by atoms with E-state index in [0.29, 0.717) is 22.1 Å². The van der Waals surface area contributed by atoms with Crippen LogP contribution < -0.4 is 14.8 Å². The fourth-order valence-electron chi connectivity index (χ4n) is 2.31. The van der Waals surface area contributed by atoms with Crippen molar-refractivity contribution in [3.05, 3.63) is 47.5 Å². The van der Waals surface area contributed by atoms with Gasteiger partial charge in [-0.15, -0.1) is 18.3 Å². The lowest BCUT2D eigenvalue weighted by Crippen LogP contribution is -2.17. The molecule has 0 saturated carbocycles. The van der Waals surface area contributed by atoms with Crippen molar-refractivity contribution in [2.75, 3.05) is 18.2 Å². The molecule has 0 bridgehead atoms. The predicted molar refractivity (Wildman–Crippen MR) is 103 cm³/mol. The molecule has 30 heavy (non-hydrogen) atoms. The summed E-state index contributed by atoms with van der Waals surface area (Å²) in [6.45, 7) is 0. The molecule has 0 aliphatic carbocycles. The van der Waals surface area contributed by atoms with Crippen LogP contribution in [0.5, 0.6) is 11.5 Å². The summed E-state index contributed by atoms with van der Waals surface area (Å²) in [5, 5.41) is 14.6. The average Bonchev–Trinajstić information content (AvgIpc) is 3.14. The minimum atomic E-state index is -4.78. The van der Waals surface area contributed by atoms with Crippen LogP contribution >= 0.6 is 23.4 Å². The maximum absolute atomic E-state index is 12.3. The van der Waals surface area contributed by atoms with Crippen molar-refractivity contribution in [2.24, 2.45) is 0 Å². The topological polar surface area (TPSA) is 91.2 Å². The molecule has 0 saturated heterocycles. The lowest BCUT2D eigenvalue weighted by molar-refractivity contribution is -0.274. The van der Waals surface area contributed by atoms with Gasteiger partial charge in [-0.3, -0.25) is 4.79 Å². The van der Waals surface area contributed by atoms with E-state index in [1.807, 2.05) is 0 Å². The Kier molecular flexibility index (Phi) is 6.67. The fourth-order valence-corrected chi connectivity index (χ4v) is 3.18. The summed E-state index contributed by atoms with van der Waals surface area (Å²) in [5.41, 5.74) is 0.810. The van der Waals surface area contributed by atoms with Gasteiger partial charge < -0.3 is 14.8 Å². The number of methoxy groups -OCH3 is 1. The number of thioether (sulfide) groups is 1. The molecule has 1 aromatic heterocycles. The van der Waals surface area contributed by atoms with Crippen molar-refractivity contribution < 1.29 is 27.4 Å². The molecule has 2 aromatic carbocycles. The standard InChI is InChI=1S/C17H13ClF3N5O3S/c1-28-14-7-2-10(18)8-13(14)22-15(27)9-30-16-23-24-25-26(16)11-3-5-12(6-4-11)29-17(19,20)21/h2-8H,9H2,1H3,(H,22,27). The van der Waals surface area contributed by atoms with E-state index >= 15 is 0 Å². The quantitative estimate of drug-likeness (QED) is 0.535. The maximum atomic E-state index is 12.3. The normalized spacial score (nSPS) is 11.2. The van der Waals surface area contributed by atoms with Crippen LogP contribution in [0.2, 0.25) is 5.02 Å². The summed E-state index contributed by atoms with van der Waals surface area (Å²) in [6.07, 6.45) is -4.78. The first-order valence-electron chi connectivity index (χ1n) is 8.16. The number of alkyl halides is 3. The molecule has 1 N–H and O–H groups in total. The van der Waals surface area contributed by atoms with E-state index in [0.717, 1.165) is 23.9 Å². The number of anilines is 1. The molecule has 1 amide bonds. The average molecular weight is 460 g/mol. The molecule has 0 unspecified atom stereocenters. The summed E-state index contributed by atoms with van der Waals surface area (Å²) in [7, 11) is 1.47. The van der Waals surface area contributed by atoms with E-state index < -0.39 is 6.36 Å². The molecule has 1 heterocycles. The van der Waals surface area contributed by atoms with Crippen molar-refractivity contribution in [1.29, 1.82) is 0 Å². The number of halogens is 4. The predicted octanol–water partition coefficient (Wildman–Crippen LogP) is 3.95. The first-order chi connectivity index (χ1) is 14.2. The molecule has 13 heteroatoms. The minimum absolute atomic E-state index is 0.0364. The molecule has 3 rings (SSSR count). The second kappa shape index (κ2) is 9.22. The number of hydrogen-bond donors (Lipinski definition) is 1. The lowest BCUT2D eigenvalue weighted by atomic mass is 10.3. The van der Waals surface area contributed by atoms with Gasteiger partial charge in [0.1, 0.15) is 11.5 Å². The van der Waals surface area contributed by atoms with Gasteiger partial charge >= 0.3 is 6.36 Å². The third-order valence-corrected chi connectivity index (χ3v) is 4.68. The van der Waals surface area contributed by atoms with Crippen LogP contribution in [0.25, 0.3) is 5.69 Å². The van der Waals surface area contributed by atoms with Crippen molar-refractivity contribution >= 4 is 35.0 Å². The van der Waals surface area contributed by atoms with Gasteiger partial charge in [-0.2, -0.15) is 4.68 Å². The van der Waals surface area contributed by atoms with Crippen LogP contribution in [0.1, 0.15) is 0 Å². The number of ether oxygens (including phenoxy) is 2. The second-order valence-electron chi connectivity index (χ2n) is 5.60. The van der Waals surface area contributed by atoms with Crippen molar-refractivity contribution in [1.82, 2.24) is 20.2 Å². The fraction of sp³-hybridized carbons (Fsp3) is 0.176. The summed E-state index contributed by atoms with van der Waals surface area (Å²) in [6, 6.07) is 9.80. The number of carbonyl (C=O) groups excluding carboxylic acids is 1. The van der Waals surface area contributed by atoms with Gasteiger partial charge in [-0.25, -0.2) is 0 Å². The number of aromatic nitrogens is 4. The van der Waals surface area contributed by atoms with Crippen LogP contribution in [0.15, 0.2) is 47.6 Å². The molecule has 0 aliphatic rings. The zero-order valence-corrected chi connectivity index (χ0v) is 16.8. The highest BCUT2D eigenvalue weighted by molar-refractivity contribution is 7.99. The first kappa shape index (κ1) is 21.7. The zero-order chi connectivity index (χ0) is 21.7. The van der Waals surface area contributed by atoms with E-state index in [1.54, 1.807) is 18.2 Å². The molecule has 0 atom stereocenters. The minimum Gasteiger partial charge on any atom is -0.495 e. The van der Waals surface area contributed by atoms with Crippen LogP contribution in [0, 0.1) is 0 Å². The molecule has 158 valence electrons. The van der Waals surface area contributed by atoms with Gasteiger partial charge in [-0.1, -0.05) is 23.4 Å². The van der Waals surface area contributed by atoms with E-state index in [2.05, 4.69) is 25.6 Å². The van der Waals surface area contributed by atoms with Crippen molar-refractivity contribution in [3.8, 4) is 17.2 Å². The van der Waals surface area contributed by atoms with Gasteiger partial charge in [-0.05, 0) is 52.9 Å². The molecule has 0 aliphatic heterocycles. The summed E-state index contributed by atoms with van der Waals surface area (Å²) in [4.78, 5) is 12.3. The molecule has 0 fully saturated rings. The van der Waals surface area contributed by atoms with Crippen LogP contribution in [-0.4, -0.2) is 45.3 Å². The Morgan fingerprint density at radius 3 is 2.63 bits per heavy atom. The lowest BCUT2D eigenvalue weighted by Gasteiger charge is -2.11. The largest absolute Gasteiger partial charge is 0.573 e. The summed E-state index contributed by atoms with van der Waals surface area (Å²) < 4.78 is 47.1. The highest BCUT2D eigenvalue weighted by atomic mass is 35.5. The number of nitrogens with zero attached hydrogens (tertiary/aromatic N) is 4. The van der Waals surface area contributed by atoms with Gasteiger partial charge in [0, 0.05) is 5.02 Å². The monoisotopic (exact) mass is 459 g/mol. The van der Waals surface area contributed by atoms with Crippen LogP contribution in [0.3, 0.4) is 0 Å². The van der Waals surface area contributed by atoms with E-state index in [9.17, 15) is 18.0 Å². The zero-order valence-electron chi connectivity index (χ0n) is 15.2. The molecular weight excluding hydrogens is 447 g/mol. The third-order valence-electron chi connectivity index (χ3n) is 3.52. The van der Waals surface area contributed by atoms with Crippen molar-refractivity contribution in [2.45, 2.75) is 11.5 Å². The Balaban J connectivity index is 1.65. The van der Waals surface area contributed by atoms with Crippen molar-refractivity contribution in [3.63, 3.8) is 0 Å². The number of tetrazole rings is 1. The van der Waals surface area contributed by atoms with E-state index in [4.69, 9.17) is 16.3 Å². The van der Waals surface area contributed by atoms with Crippen LogP contribution in [0.4, 0.5) is 18.9 Å². The molecule has 0 spiro atoms. The first-order valence-corrected chi connectivity index (χ1v) is 9.52. The van der Waals surface area contributed by atoms with Gasteiger partial charge in [0.2, 0.25) is 11.1 Å². The second-order valence-corrected chi connectivity index (χ2v) is 6.98. The molecular formula is C17H13ClF3N5O3S. The number of carbonyl (C=O) groups is 1. The molecule has 8 nitrogen and oxygen atoms in total. The number of amides is 1. The number of benzene rings is 2. The summed E-state index contributed by atoms with van der Waals surface area (Å²) in [5.74, 6) is -0.318. The van der Waals surface area contributed by atoms with Gasteiger partial charge in [0.15, 0.2) is 0 Å². The summed E-state index contributed by atoms with van der Waals surface area (Å²) >= 11 is 6.97. The highest BCUT2D eigenvalue weighted by Crippen LogP contribution is 2.28. The van der Waals surface area contributed by atoms with Gasteiger partial charge in [0.25, 0.3) is 0 Å². The van der Waals surface area contributed by atoms with E-state index in [1.165, 1.54) is 23.9 Å². The molecule has 3 aromatic rings. The maximum Gasteiger partial charge on any atom is 0.573 e. The third kappa shape index (κ3) is 5.76. The number of nitrogens with one attached hydrogen (secondary N) is 1. The Morgan fingerprint density at radius 2 is 1.97 bits per heavy atom. The van der Waals surface area contributed by atoms with E-state index in [-0.39, 0.29) is 22.6 Å². The number of hydrogen-bond acceptors (Lipinski definition) is 7. The van der Waals surface area contributed by atoms with Crippen LogP contribution in [-0.2, 0) is 4.79 Å².